The van der Waals surface area contributed by atoms with Crippen LogP contribution in [0.15, 0.2) is 47.6 Å². The average molecular weight is 558 g/mol. The zero-order chi connectivity index (χ0) is 19.7. The van der Waals surface area contributed by atoms with Crippen molar-refractivity contribution in [1.82, 2.24) is 9.78 Å². The number of nitrogens with zero attached hydrogens (tertiary/aromatic N) is 2. The molecule has 1 heterocycles. The van der Waals surface area contributed by atoms with E-state index < -0.39 is 5.91 Å². The van der Waals surface area contributed by atoms with E-state index in [2.05, 4.69) is 22.1 Å². The molecule has 1 rings (SSSR count). The van der Waals surface area contributed by atoms with E-state index in [9.17, 15) is 9.59 Å². The maximum absolute atomic E-state index is 12.8. The summed E-state index contributed by atoms with van der Waals surface area (Å²) in [4.78, 5) is 24.6. The van der Waals surface area contributed by atoms with Crippen LogP contribution >= 0.6 is 0 Å². The van der Waals surface area contributed by atoms with Gasteiger partial charge in [0.2, 0.25) is 0 Å². The van der Waals surface area contributed by atoms with Gasteiger partial charge in [-0.05, 0) is 0 Å². The van der Waals surface area contributed by atoms with Gasteiger partial charge in [-0.1, -0.05) is 0 Å². The first kappa shape index (κ1) is 22.4. The molecular weight excluding hydrogens is 537 g/mol. The third kappa shape index (κ3) is 6.91. The van der Waals surface area contributed by atoms with E-state index in [-0.39, 0.29) is 12.2 Å². The SMILES string of the molecule is CC=C(CC(=O)c1cc(C)nn1C=C/C=C\[CH]=[W])/C(=C\[C](C)=[V])C(N)=O. The van der Waals surface area contributed by atoms with Gasteiger partial charge in [0.05, 0.1) is 0 Å². The van der Waals surface area contributed by atoms with Crippen LogP contribution in [0.2, 0.25) is 0 Å². The number of aromatic nitrogens is 2. The molecule has 1 aromatic heterocycles. The molecule has 0 aliphatic rings. The molecule has 0 atom stereocenters. The molecule has 0 unspecified atom stereocenters. The number of aryl methyl sites for hydroxylation is 1. The van der Waals surface area contributed by atoms with Crippen molar-refractivity contribution in [3.05, 3.63) is 59.0 Å². The predicted octanol–water partition coefficient (Wildman–Crippen LogP) is 2.24. The summed E-state index contributed by atoms with van der Waals surface area (Å²) in [7, 11) is 0. The summed E-state index contributed by atoms with van der Waals surface area (Å²) in [5, 5.41) is 4.33. The summed E-state index contributed by atoms with van der Waals surface area (Å²) < 4.78 is 4.43. The van der Waals surface area contributed by atoms with Gasteiger partial charge in [-0.15, -0.1) is 0 Å². The van der Waals surface area contributed by atoms with Crippen LogP contribution in [0.5, 0.6) is 0 Å². The molecule has 0 saturated heterocycles. The number of hydrogen-bond donors (Lipinski definition) is 1. The van der Waals surface area contributed by atoms with Crippen molar-refractivity contribution in [2.24, 2.45) is 5.73 Å². The third-order valence-corrected chi connectivity index (χ3v) is 4.10. The van der Waals surface area contributed by atoms with Crippen LogP contribution < -0.4 is 5.73 Å². The summed E-state index contributed by atoms with van der Waals surface area (Å²) >= 11 is 3.72. The number of amides is 1. The number of carbonyl (C=O) groups excluding carboxylic acids is 2. The normalized spacial score (nSPS) is 12.7. The first-order valence-electron chi connectivity index (χ1n) is 7.87. The summed E-state index contributed by atoms with van der Waals surface area (Å²) in [5.41, 5.74) is 7.65. The Hall–Kier alpha value is -1.68. The van der Waals surface area contributed by atoms with E-state index in [4.69, 9.17) is 5.73 Å². The molecule has 135 valence electrons. The van der Waals surface area contributed by atoms with Crippen LogP contribution in [-0.4, -0.2) is 30.1 Å². The number of nitrogens with two attached hydrogens (primary N) is 1. The number of hydrogen-bond acceptors (Lipinski definition) is 3. The van der Waals surface area contributed by atoms with E-state index in [1.807, 2.05) is 36.5 Å². The van der Waals surface area contributed by atoms with Gasteiger partial charge in [-0.2, -0.15) is 0 Å². The number of carbonyl (C=O) groups is 2. The molecular formula is C19H21N3O2VW. The molecule has 0 fully saturated rings. The van der Waals surface area contributed by atoms with Crippen molar-refractivity contribution in [3.8, 4) is 0 Å². The van der Waals surface area contributed by atoms with Gasteiger partial charge in [0.25, 0.3) is 0 Å². The van der Waals surface area contributed by atoms with Gasteiger partial charge in [0, 0.05) is 0 Å². The standard InChI is InChI=1S/C19H21N3O2.V.W/c1-5-8-9-11-22-17(12-14(4)21-22)18(23)13-15(7-3)16(10-6-2)19(20)24;;/h1,5,7-12H,13H2,2-4H3,(H2,20,24);;/b8-5-,11-9?,15-7?,16-10+;;. The van der Waals surface area contributed by atoms with E-state index >= 15 is 0 Å². The van der Waals surface area contributed by atoms with E-state index in [1.165, 1.54) is 19.4 Å². The van der Waals surface area contributed by atoms with Crippen LogP contribution in [0.4, 0.5) is 0 Å². The number of allylic oxidation sites excluding steroid dienone is 5. The molecule has 0 spiro atoms. The second-order valence-corrected chi connectivity index (χ2v) is 7.53. The second kappa shape index (κ2) is 11.1. The fraction of sp³-hybridized carbons (Fsp3) is 0.211. The average Bonchev–Trinajstić information content (AvgIpc) is 2.95. The van der Waals surface area contributed by atoms with Crippen LogP contribution in [0.1, 0.15) is 36.5 Å². The van der Waals surface area contributed by atoms with E-state index in [1.54, 1.807) is 36.0 Å². The summed E-state index contributed by atoms with van der Waals surface area (Å²) in [6.07, 6.45) is 10.9. The van der Waals surface area contributed by atoms with Gasteiger partial charge in [-0.3, -0.25) is 0 Å². The Bertz CT molecular complexity index is 845. The van der Waals surface area contributed by atoms with Crippen molar-refractivity contribution in [1.29, 1.82) is 0 Å². The van der Waals surface area contributed by atoms with Crippen LogP contribution in [0, 0.1) is 6.92 Å². The Kier molecular flexibility index (Phi) is 9.57. The molecule has 0 aliphatic carbocycles. The minimum absolute atomic E-state index is 0.0759. The summed E-state index contributed by atoms with van der Waals surface area (Å²) in [5.74, 6) is -0.682. The molecule has 0 aromatic carbocycles. The zero-order valence-corrected chi connectivity index (χ0v) is 19.3. The van der Waals surface area contributed by atoms with Crippen LogP contribution in [0.3, 0.4) is 0 Å². The van der Waals surface area contributed by atoms with Gasteiger partial charge >= 0.3 is 174 Å². The molecule has 0 aliphatic heterocycles. The molecule has 0 saturated carbocycles. The first-order valence-corrected chi connectivity index (χ1v) is 10.3. The molecule has 0 radical (unpaired) electrons. The Labute approximate surface area is 173 Å². The number of primary amides is 1. The Morgan fingerprint density at radius 2 is 2.04 bits per heavy atom. The molecule has 1 amide bonds. The summed E-state index contributed by atoms with van der Waals surface area (Å²) in [6, 6.07) is 1.74. The number of rotatable bonds is 9. The second-order valence-electron chi connectivity index (χ2n) is 5.46. The fourth-order valence-electron chi connectivity index (χ4n) is 2.23. The topological polar surface area (TPSA) is 78.0 Å². The Morgan fingerprint density at radius 1 is 1.35 bits per heavy atom. The maximum atomic E-state index is 12.8. The first-order chi connectivity index (χ1) is 12.3. The molecule has 7 heteroatoms. The van der Waals surface area contributed by atoms with Gasteiger partial charge < -0.3 is 0 Å². The number of ketones is 1. The zero-order valence-electron chi connectivity index (χ0n) is 15.0. The van der Waals surface area contributed by atoms with Gasteiger partial charge in [0.1, 0.15) is 0 Å². The van der Waals surface area contributed by atoms with Crippen molar-refractivity contribution < 1.29 is 45.9 Å². The third-order valence-electron chi connectivity index (χ3n) is 3.34. The predicted molar refractivity (Wildman–Crippen MR) is 98.2 cm³/mol. The Morgan fingerprint density at radius 3 is 2.58 bits per heavy atom. The van der Waals surface area contributed by atoms with Crippen molar-refractivity contribution in [2.75, 3.05) is 0 Å². The van der Waals surface area contributed by atoms with Gasteiger partial charge in [0.15, 0.2) is 0 Å². The van der Waals surface area contributed by atoms with Crippen LogP contribution in [0.25, 0.3) is 6.20 Å². The van der Waals surface area contributed by atoms with Crippen molar-refractivity contribution >= 4 is 26.5 Å². The number of Topliss-reactive ketones (excluding diaryl/α,β-unsaturated/α-hetero) is 1. The minimum atomic E-state index is -0.552. The molecule has 5 nitrogen and oxygen atoms in total. The van der Waals surface area contributed by atoms with Crippen molar-refractivity contribution in [3.63, 3.8) is 0 Å². The van der Waals surface area contributed by atoms with E-state index in [0.29, 0.717) is 16.8 Å². The summed E-state index contributed by atoms with van der Waals surface area (Å²) in [6.45, 7) is 5.47. The van der Waals surface area contributed by atoms with Gasteiger partial charge in [-0.25, -0.2) is 0 Å². The van der Waals surface area contributed by atoms with E-state index in [0.717, 1.165) is 9.92 Å². The Balaban J connectivity index is 3.15. The monoisotopic (exact) mass is 558 g/mol. The molecule has 2 N–H and O–H groups in total. The quantitative estimate of drug-likeness (QED) is 0.287. The molecule has 1 aromatic rings. The van der Waals surface area contributed by atoms with Crippen molar-refractivity contribution in [2.45, 2.75) is 27.2 Å². The molecule has 0 bridgehead atoms. The fourth-order valence-corrected chi connectivity index (χ4v) is 2.75. The molecule has 26 heavy (non-hydrogen) atoms. The van der Waals surface area contributed by atoms with Crippen LogP contribution in [-0.2, 0) is 41.1 Å².